The second-order valence-electron chi connectivity index (χ2n) is 7.33. The highest BCUT2D eigenvalue weighted by Gasteiger charge is 2.15. The van der Waals surface area contributed by atoms with Gasteiger partial charge in [0.25, 0.3) is 5.91 Å². The Kier molecular flexibility index (Phi) is 7.35. The van der Waals surface area contributed by atoms with Gasteiger partial charge >= 0.3 is 11.9 Å². The second kappa shape index (κ2) is 10.4. The second-order valence-corrected chi connectivity index (χ2v) is 7.33. The number of primary amides is 1. The molecule has 4 rings (SSSR count). The van der Waals surface area contributed by atoms with Gasteiger partial charge in [-0.25, -0.2) is 14.3 Å². The van der Waals surface area contributed by atoms with Crippen LogP contribution in [0.2, 0.25) is 0 Å². The van der Waals surface area contributed by atoms with Crippen molar-refractivity contribution in [1.82, 2.24) is 15.1 Å². The fourth-order valence-electron chi connectivity index (χ4n) is 3.55. The molecule has 1 aliphatic rings. The number of benzene rings is 2. The molecule has 3 aromatic rings. The third-order valence-corrected chi connectivity index (χ3v) is 5.10. The van der Waals surface area contributed by atoms with Crippen LogP contribution in [0.4, 0.5) is 0 Å². The standard InChI is InChI=1S/C19H20N4O.C4H4O4/c20-19(24)17-5-1-3-15-12-23(22-18(15)17)16-8-6-13(7-9-16)14-4-2-10-21-11-14;5-3(6)1-2-4(7)8/h1,3,5-9,12,14,21H,2,4,10-11H2,(H2,20,24);1-2H,(H,5,6)(H,7,8)/t14-;/m1./s1. The molecule has 9 nitrogen and oxygen atoms in total. The Bertz CT molecular complexity index is 1130. The summed E-state index contributed by atoms with van der Waals surface area (Å²) < 4.78 is 1.81. The van der Waals surface area contributed by atoms with Crippen LogP contribution in [0.15, 0.2) is 60.8 Å². The van der Waals surface area contributed by atoms with Gasteiger partial charge < -0.3 is 21.3 Å². The topological polar surface area (TPSA) is 148 Å². The van der Waals surface area contributed by atoms with Crippen molar-refractivity contribution < 1.29 is 24.6 Å². The number of aromatic nitrogens is 2. The van der Waals surface area contributed by atoms with Gasteiger partial charge in [-0.15, -0.1) is 0 Å². The number of aliphatic carboxylic acids is 2. The molecule has 2 aromatic carbocycles. The molecule has 1 aliphatic heterocycles. The average molecular weight is 436 g/mol. The first-order valence-corrected chi connectivity index (χ1v) is 10.1. The molecule has 1 saturated heterocycles. The number of rotatable bonds is 5. The van der Waals surface area contributed by atoms with Crippen molar-refractivity contribution in [2.75, 3.05) is 13.1 Å². The van der Waals surface area contributed by atoms with E-state index in [2.05, 4.69) is 34.7 Å². The summed E-state index contributed by atoms with van der Waals surface area (Å²) >= 11 is 0. The van der Waals surface area contributed by atoms with Crippen molar-refractivity contribution in [2.45, 2.75) is 18.8 Å². The van der Waals surface area contributed by atoms with Crippen molar-refractivity contribution in [3.63, 3.8) is 0 Å². The van der Waals surface area contributed by atoms with E-state index in [4.69, 9.17) is 15.9 Å². The monoisotopic (exact) mass is 436 g/mol. The molecule has 0 saturated carbocycles. The van der Waals surface area contributed by atoms with E-state index in [1.807, 2.05) is 18.3 Å². The predicted octanol–water partition coefficient (Wildman–Crippen LogP) is 2.30. The molecule has 9 heteroatoms. The Labute approximate surface area is 184 Å². The zero-order valence-electron chi connectivity index (χ0n) is 17.3. The van der Waals surface area contributed by atoms with Gasteiger partial charge in [0.1, 0.15) is 5.52 Å². The van der Waals surface area contributed by atoms with Crippen LogP contribution in [0, 0.1) is 0 Å². The van der Waals surface area contributed by atoms with Gasteiger partial charge in [-0.3, -0.25) is 4.79 Å². The number of carboxylic acids is 2. The van der Waals surface area contributed by atoms with E-state index in [9.17, 15) is 14.4 Å². The van der Waals surface area contributed by atoms with Gasteiger partial charge in [-0.1, -0.05) is 24.3 Å². The summed E-state index contributed by atoms with van der Waals surface area (Å²) in [5.41, 5.74) is 8.88. The molecule has 32 heavy (non-hydrogen) atoms. The van der Waals surface area contributed by atoms with E-state index >= 15 is 0 Å². The zero-order valence-corrected chi connectivity index (χ0v) is 17.3. The predicted molar refractivity (Wildman–Crippen MR) is 119 cm³/mol. The molecule has 1 fully saturated rings. The molecule has 2 heterocycles. The smallest absolute Gasteiger partial charge is 0.328 e. The number of nitrogens with two attached hydrogens (primary N) is 1. The third kappa shape index (κ3) is 5.79. The van der Waals surface area contributed by atoms with E-state index in [0.717, 1.165) is 24.2 Å². The molecule has 0 bridgehead atoms. The molecular weight excluding hydrogens is 412 g/mol. The third-order valence-electron chi connectivity index (χ3n) is 5.10. The first-order chi connectivity index (χ1) is 15.3. The van der Waals surface area contributed by atoms with Crippen LogP contribution >= 0.6 is 0 Å². The summed E-state index contributed by atoms with van der Waals surface area (Å²) in [6, 6.07) is 14.0. The van der Waals surface area contributed by atoms with Crippen molar-refractivity contribution in [1.29, 1.82) is 0 Å². The Morgan fingerprint density at radius 3 is 2.31 bits per heavy atom. The van der Waals surface area contributed by atoms with Crippen LogP contribution in [0.1, 0.15) is 34.7 Å². The molecule has 1 amide bonds. The van der Waals surface area contributed by atoms with Crippen molar-refractivity contribution in [3.8, 4) is 5.69 Å². The Morgan fingerprint density at radius 2 is 1.75 bits per heavy atom. The summed E-state index contributed by atoms with van der Waals surface area (Å²) in [5.74, 6) is -2.38. The highest BCUT2D eigenvalue weighted by Crippen LogP contribution is 2.25. The van der Waals surface area contributed by atoms with E-state index in [1.165, 1.54) is 18.4 Å². The number of nitrogens with one attached hydrogen (secondary N) is 1. The maximum atomic E-state index is 11.5. The molecule has 1 atom stereocenters. The number of piperidine rings is 1. The van der Waals surface area contributed by atoms with Gasteiger partial charge in [0.15, 0.2) is 0 Å². The molecule has 0 unspecified atom stereocenters. The minimum Gasteiger partial charge on any atom is -0.478 e. The minimum absolute atomic E-state index is 0.453. The lowest BCUT2D eigenvalue weighted by Crippen LogP contribution is -2.28. The molecule has 166 valence electrons. The van der Waals surface area contributed by atoms with Crippen molar-refractivity contribution >= 4 is 28.7 Å². The number of fused-ring (bicyclic) bond motifs is 1. The number of hydrogen-bond acceptors (Lipinski definition) is 5. The summed E-state index contributed by atoms with van der Waals surface area (Å²) in [6.07, 6.45) is 5.51. The quantitative estimate of drug-likeness (QED) is 0.449. The van der Waals surface area contributed by atoms with Gasteiger partial charge in [-0.05, 0) is 49.1 Å². The Morgan fingerprint density at radius 1 is 1.06 bits per heavy atom. The SMILES string of the molecule is NC(=O)c1cccc2cn(-c3ccc([C@@H]4CCCNC4)cc3)nc12.O=C(O)C=CC(=O)O. The van der Waals surface area contributed by atoms with Gasteiger partial charge in [-0.2, -0.15) is 5.10 Å². The number of nitrogens with zero attached hydrogens (tertiary/aromatic N) is 2. The summed E-state index contributed by atoms with van der Waals surface area (Å²) in [6.45, 7) is 2.17. The number of amides is 1. The molecule has 0 aliphatic carbocycles. The van der Waals surface area contributed by atoms with E-state index in [1.54, 1.807) is 10.7 Å². The fourth-order valence-corrected chi connectivity index (χ4v) is 3.55. The molecule has 5 N–H and O–H groups in total. The summed E-state index contributed by atoms with van der Waals surface area (Å²) in [4.78, 5) is 30.7. The number of carbonyl (C=O) groups is 3. The molecular formula is C23H24N4O5. The highest BCUT2D eigenvalue weighted by molar-refractivity contribution is 6.04. The van der Waals surface area contributed by atoms with Gasteiger partial charge in [0, 0.05) is 30.3 Å². The van der Waals surface area contributed by atoms with Crippen molar-refractivity contribution in [2.24, 2.45) is 5.73 Å². The van der Waals surface area contributed by atoms with Crippen LogP contribution in [0.25, 0.3) is 16.6 Å². The molecule has 1 aromatic heterocycles. The van der Waals surface area contributed by atoms with E-state index in [-0.39, 0.29) is 0 Å². The Hall–Kier alpha value is -3.98. The lowest BCUT2D eigenvalue weighted by atomic mass is 9.92. The normalized spacial score (nSPS) is 15.8. The number of carbonyl (C=O) groups excluding carboxylic acids is 1. The Balaban J connectivity index is 0.000000312. The number of hydrogen-bond donors (Lipinski definition) is 4. The van der Waals surface area contributed by atoms with Crippen molar-refractivity contribution in [3.05, 3.63) is 71.9 Å². The highest BCUT2D eigenvalue weighted by atomic mass is 16.4. The van der Waals surface area contributed by atoms with Crippen LogP contribution in [0.3, 0.4) is 0 Å². The van der Waals surface area contributed by atoms with E-state index in [0.29, 0.717) is 29.2 Å². The molecule has 0 spiro atoms. The van der Waals surface area contributed by atoms with Crippen LogP contribution in [-0.4, -0.2) is 50.9 Å². The van der Waals surface area contributed by atoms with E-state index < -0.39 is 17.8 Å². The van der Waals surface area contributed by atoms with Crippen LogP contribution < -0.4 is 11.1 Å². The maximum absolute atomic E-state index is 11.5. The van der Waals surface area contributed by atoms with Gasteiger partial charge in [0.05, 0.1) is 11.3 Å². The lowest BCUT2D eigenvalue weighted by molar-refractivity contribution is -0.134. The fraction of sp³-hybridized carbons (Fsp3) is 0.217. The maximum Gasteiger partial charge on any atom is 0.328 e. The van der Waals surface area contributed by atoms with Gasteiger partial charge in [0.2, 0.25) is 0 Å². The number of carboxylic acid groups (broad SMARTS) is 2. The zero-order chi connectivity index (χ0) is 23.1. The first-order valence-electron chi connectivity index (χ1n) is 10.1. The van der Waals surface area contributed by atoms with Crippen LogP contribution in [0.5, 0.6) is 0 Å². The summed E-state index contributed by atoms with van der Waals surface area (Å²) in [7, 11) is 0. The largest absolute Gasteiger partial charge is 0.478 e. The molecule has 0 radical (unpaired) electrons. The lowest BCUT2D eigenvalue weighted by Gasteiger charge is -2.23. The summed E-state index contributed by atoms with van der Waals surface area (Å²) in [5, 5.41) is 24.5. The van der Waals surface area contributed by atoms with Crippen LogP contribution in [-0.2, 0) is 9.59 Å². The average Bonchev–Trinajstić information content (AvgIpc) is 3.23. The minimum atomic E-state index is -1.26. The first kappa shape index (κ1) is 22.7.